The first kappa shape index (κ1) is 19.1. The summed E-state index contributed by atoms with van der Waals surface area (Å²) in [5, 5.41) is 3.26. The van der Waals surface area contributed by atoms with Crippen LogP contribution in [-0.2, 0) is 4.79 Å². The first-order valence-electron chi connectivity index (χ1n) is 10.3. The second kappa shape index (κ2) is 10.5. The van der Waals surface area contributed by atoms with Crippen LogP contribution in [0.25, 0.3) is 6.08 Å². The van der Waals surface area contributed by atoms with Crippen molar-refractivity contribution in [3.63, 3.8) is 0 Å². The van der Waals surface area contributed by atoms with Gasteiger partial charge in [0.1, 0.15) is 0 Å². The van der Waals surface area contributed by atoms with Crippen LogP contribution in [0.2, 0.25) is 0 Å². The number of benzene rings is 1. The maximum atomic E-state index is 12.3. The molecular formula is C22H33N3O. The molecule has 0 unspecified atom stereocenters. The minimum Gasteiger partial charge on any atom is -0.352 e. The zero-order chi connectivity index (χ0) is 18.0. The molecule has 4 nitrogen and oxygen atoms in total. The molecule has 0 radical (unpaired) electrons. The average molecular weight is 356 g/mol. The Morgan fingerprint density at radius 1 is 0.962 bits per heavy atom. The third-order valence-corrected chi connectivity index (χ3v) is 5.53. The van der Waals surface area contributed by atoms with E-state index in [-0.39, 0.29) is 5.91 Å². The molecule has 142 valence electrons. The Hall–Kier alpha value is -1.65. The smallest absolute Gasteiger partial charge is 0.234 e. The van der Waals surface area contributed by atoms with Gasteiger partial charge in [-0.05, 0) is 18.4 Å². The Bertz CT molecular complexity index is 556. The van der Waals surface area contributed by atoms with Crippen molar-refractivity contribution >= 4 is 12.0 Å². The summed E-state index contributed by atoms with van der Waals surface area (Å²) in [6, 6.07) is 10.8. The normalized spacial score (nSPS) is 20.9. The standard InChI is InChI=1S/C22H33N3O/c26-22(23-21-12-6-1-2-7-13-21)19-25-17-15-24(16-18-25)14-8-11-20-9-4-3-5-10-20/h3-5,8-11,21H,1-2,6-7,12-19H2,(H,23,26). The molecule has 1 aliphatic carbocycles. The van der Waals surface area contributed by atoms with Crippen LogP contribution < -0.4 is 5.32 Å². The molecule has 1 heterocycles. The van der Waals surface area contributed by atoms with Crippen LogP contribution in [-0.4, -0.2) is 61.0 Å². The van der Waals surface area contributed by atoms with E-state index in [9.17, 15) is 4.79 Å². The molecule has 0 aromatic heterocycles. The molecule has 0 spiro atoms. The lowest BCUT2D eigenvalue weighted by Crippen LogP contribution is -2.50. The van der Waals surface area contributed by atoms with Crippen LogP contribution in [0.5, 0.6) is 0 Å². The summed E-state index contributed by atoms with van der Waals surface area (Å²) < 4.78 is 0. The number of piperazine rings is 1. The first-order chi connectivity index (χ1) is 12.8. The molecule has 1 saturated carbocycles. The molecule has 1 amide bonds. The fourth-order valence-corrected chi connectivity index (χ4v) is 3.93. The van der Waals surface area contributed by atoms with Crippen molar-refractivity contribution in [2.45, 2.75) is 44.6 Å². The van der Waals surface area contributed by atoms with Crippen LogP contribution in [0.3, 0.4) is 0 Å². The number of amides is 1. The molecule has 1 aliphatic heterocycles. The van der Waals surface area contributed by atoms with Gasteiger partial charge < -0.3 is 5.32 Å². The molecule has 0 atom stereocenters. The van der Waals surface area contributed by atoms with Crippen LogP contribution in [0.4, 0.5) is 0 Å². The fourth-order valence-electron chi connectivity index (χ4n) is 3.93. The predicted octanol–water partition coefficient (Wildman–Crippen LogP) is 3.16. The Morgan fingerprint density at radius 3 is 2.31 bits per heavy atom. The van der Waals surface area contributed by atoms with E-state index in [1.165, 1.54) is 31.2 Å². The van der Waals surface area contributed by atoms with Gasteiger partial charge in [0.05, 0.1) is 6.54 Å². The van der Waals surface area contributed by atoms with Gasteiger partial charge in [-0.1, -0.05) is 68.2 Å². The molecule has 1 aromatic carbocycles. The third-order valence-electron chi connectivity index (χ3n) is 5.53. The third kappa shape index (κ3) is 6.58. The van der Waals surface area contributed by atoms with Crippen molar-refractivity contribution in [2.24, 2.45) is 0 Å². The van der Waals surface area contributed by atoms with Gasteiger partial charge in [0.2, 0.25) is 5.91 Å². The van der Waals surface area contributed by atoms with E-state index in [0.29, 0.717) is 12.6 Å². The second-order valence-corrected chi connectivity index (χ2v) is 7.65. The monoisotopic (exact) mass is 355 g/mol. The number of nitrogens with zero attached hydrogens (tertiary/aromatic N) is 2. The van der Waals surface area contributed by atoms with Gasteiger partial charge in [-0.15, -0.1) is 0 Å². The van der Waals surface area contributed by atoms with Crippen molar-refractivity contribution in [2.75, 3.05) is 39.3 Å². The fraction of sp³-hybridized carbons (Fsp3) is 0.591. The summed E-state index contributed by atoms with van der Waals surface area (Å²) in [6.07, 6.45) is 11.9. The molecule has 4 heteroatoms. The molecule has 2 aliphatic rings. The quantitative estimate of drug-likeness (QED) is 0.796. The number of hydrogen-bond acceptors (Lipinski definition) is 3. The molecule has 1 saturated heterocycles. The lowest BCUT2D eigenvalue weighted by Gasteiger charge is -2.34. The summed E-state index contributed by atoms with van der Waals surface area (Å²) >= 11 is 0. The SMILES string of the molecule is O=C(CN1CCN(CC=Cc2ccccc2)CC1)NC1CCCCCC1. The topological polar surface area (TPSA) is 35.6 Å². The van der Waals surface area contributed by atoms with Crippen LogP contribution in [0, 0.1) is 0 Å². The van der Waals surface area contributed by atoms with Crippen molar-refractivity contribution < 1.29 is 4.79 Å². The molecule has 3 rings (SSSR count). The van der Waals surface area contributed by atoms with Gasteiger partial charge in [-0.25, -0.2) is 0 Å². The molecule has 1 aromatic rings. The van der Waals surface area contributed by atoms with Gasteiger partial charge >= 0.3 is 0 Å². The Balaban J connectivity index is 1.33. The predicted molar refractivity (Wildman–Crippen MR) is 108 cm³/mol. The van der Waals surface area contributed by atoms with Crippen molar-refractivity contribution in [3.05, 3.63) is 42.0 Å². The highest BCUT2D eigenvalue weighted by Crippen LogP contribution is 2.17. The Morgan fingerprint density at radius 2 is 1.62 bits per heavy atom. The maximum absolute atomic E-state index is 12.3. The zero-order valence-corrected chi connectivity index (χ0v) is 15.9. The second-order valence-electron chi connectivity index (χ2n) is 7.65. The van der Waals surface area contributed by atoms with E-state index < -0.39 is 0 Å². The van der Waals surface area contributed by atoms with E-state index in [1.807, 2.05) is 6.07 Å². The van der Waals surface area contributed by atoms with Gasteiger partial charge in [0.25, 0.3) is 0 Å². The van der Waals surface area contributed by atoms with Gasteiger partial charge in [-0.3, -0.25) is 14.6 Å². The lowest BCUT2D eigenvalue weighted by atomic mass is 10.1. The molecule has 2 fully saturated rings. The van der Waals surface area contributed by atoms with E-state index in [0.717, 1.165) is 45.6 Å². The number of nitrogens with one attached hydrogen (secondary N) is 1. The minimum atomic E-state index is 0.217. The van der Waals surface area contributed by atoms with Crippen LogP contribution >= 0.6 is 0 Å². The van der Waals surface area contributed by atoms with Crippen LogP contribution in [0.15, 0.2) is 36.4 Å². The lowest BCUT2D eigenvalue weighted by molar-refractivity contribution is -0.123. The van der Waals surface area contributed by atoms with E-state index >= 15 is 0 Å². The number of carbonyl (C=O) groups is 1. The minimum absolute atomic E-state index is 0.217. The maximum Gasteiger partial charge on any atom is 0.234 e. The van der Waals surface area contributed by atoms with Gasteiger partial charge in [-0.2, -0.15) is 0 Å². The summed E-state index contributed by atoms with van der Waals surface area (Å²) in [4.78, 5) is 17.1. The first-order valence-corrected chi connectivity index (χ1v) is 10.3. The summed E-state index contributed by atoms with van der Waals surface area (Å²) in [5.74, 6) is 0.217. The number of carbonyl (C=O) groups excluding carboxylic acids is 1. The summed E-state index contributed by atoms with van der Waals surface area (Å²) in [5.41, 5.74) is 1.25. The highest BCUT2D eigenvalue weighted by molar-refractivity contribution is 5.78. The molecular weight excluding hydrogens is 322 g/mol. The largest absolute Gasteiger partial charge is 0.352 e. The highest BCUT2D eigenvalue weighted by atomic mass is 16.2. The van der Waals surface area contributed by atoms with Gasteiger partial charge in [0, 0.05) is 38.8 Å². The molecule has 0 bridgehead atoms. The van der Waals surface area contributed by atoms with E-state index in [2.05, 4.69) is 51.5 Å². The van der Waals surface area contributed by atoms with Crippen molar-refractivity contribution in [3.8, 4) is 0 Å². The van der Waals surface area contributed by atoms with E-state index in [1.54, 1.807) is 0 Å². The molecule has 1 N–H and O–H groups in total. The van der Waals surface area contributed by atoms with Crippen molar-refractivity contribution in [1.82, 2.24) is 15.1 Å². The molecule has 26 heavy (non-hydrogen) atoms. The highest BCUT2D eigenvalue weighted by Gasteiger charge is 2.20. The summed E-state index contributed by atoms with van der Waals surface area (Å²) in [7, 11) is 0. The Kier molecular flexibility index (Phi) is 7.71. The van der Waals surface area contributed by atoms with Gasteiger partial charge in [0.15, 0.2) is 0 Å². The summed E-state index contributed by atoms with van der Waals surface area (Å²) in [6.45, 7) is 5.58. The van der Waals surface area contributed by atoms with Crippen molar-refractivity contribution in [1.29, 1.82) is 0 Å². The number of hydrogen-bond donors (Lipinski definition) is 1. The van der Waals surface area contributed by atoms with E-state index in [4.69, 9.17) is 0 Å². The van der Waals surface area contributed by atoms with Crippen LogP contribution in [0.1, 0.15) is 44.1 Å². The number of rotatable bonds is 6. The average Bonchev–Trinajstić information content (AvgIpc) is 2.93. The zero-order valence-electron chi connectivity index (χ0n) is 15.9. The Labute approximate surface area is 158 Å².